The molecule has 0 unspecified atom stereocenters. The maximum atomic E-state index is 11.5. The number of carbonyl (C=O) groups is 1. The van der Waals surface area contributed by atoms with Crippen LogP contribution in [0.15, 0.2) is 0 Å². The monoisotopic (exact) mass is 243 g/mol. The minimum Gasteiger partial charge on any atom is -0.481 e. The van der Waals surface area contributed by atoms with Crippen LogP contribution in [0, 0.1) is 5.41 Å². The number of hydrogen-bond donors (Lipinski definition) is 2. The van der Waals surface area contributed by atoms with E-state index in [0.717, 1.165) is 13.1 Å². The number of nitrogens with zero attached hydrogens (tertiary/aromatic N) is 1. The van der Waals surface area contributed by atoms with Crippen LogP contribution >= 0.6 is 0 Å². The van der Waals surface area contributed by atoms with E-state index in [2.05, 4.69) is 4.90 Å². The molecule has 1 saturated carbocycles. The third-order valence-electron chi connectivity index (χ3n) is 4.60. The molecule has 0 aromatic heterocycles. The summed E-state index contributed by atoms with van der Waals surface area (Å²) >= 11 is 0. The molecule has 0 spiro atoms. The molecule has 1 aliphatic heterocycles. The van der Waals surface area contributed by atoms with Crippen LogP contribution in [0.25, 0.3) is 0 Å². The van der Waals surface area contributed by atoms with Gasteiger partial charge in [-0.1, -0.05) is 0 Å². The van der Waals surface area contributed by atoms with Gasteiger partial charge in [0, 0.05) is 20.2 Å². The highest BCUT2D eigenvalue weighted by Gasteiger charge is 2.63. The van der Waals surface area contributed by atoms with Gasteiger partial charge in [-0.3, -0.25) is 4.79 Å². The third-order valence-corrected chi connectivity index (χ3v) is 4.60. The summed E-state index contributed by atoms with van der Waals surface area (Å²) in [5, 5.41) is 20.1. The lowest BCUT2D eigenvalue weighted by Crippen LogP contribution is -2.64. The second kappa shape index (κ2) is 4.23. The second-order valence-electron chi connectivity index (χ2n) is 5.49. The molecule has 17 heavy (non-hydrogen) atoms. The molecule has 98 valence electrons. The van der Waals surface area contributed by atoms with Gasteiger partial charge in [-0.2, -0.15) is 0 Å². The number of carboxylic acid groups (broad SMARTS) is 1. The molecule has 0 amide bonds. The molecule has 2 N–H and O–H groups in total. The lowest BCUT2D eigenvalue weighted by Gasteiger charge is -2.55. The summed E-state index contributed by atoms with van der Waals surface area (Å²) in [7, 11) is 3.58. The largest absolute Gasteiger partial charge is 0.481 e. The van der Waals surface area contributed by atoms with Crippen molar-refractivity contribution in [2.75, 3.05) is 27.2 Å². The van der Waals surface area contributed by atoms with Crippen molar-refractivity contribution in [3.05, 3.63) is 0 Å². The predicted molar refractivity (Wildman–Crippen MR) is 61.8 cm³/mol. The van der Waals surface area contributed by atoms with E-state index in [9.17, 15) is 15.0 Å². The Morgan fingerprint density at radius 3 is 2.29 bits per heavy atom. The molecule has 0 atom stereocenters. The normalized spacial score (nSPS) is 37.5. The molecule has 2 rings (SSSR count). The smallest absolute Gasteiger partial charge is 0.312 e. The first-order valence-corrected chi connectivity index (χ1v) is 6.11. The van der Waals surface area contributed by atoms with Crippen molar-refractivity contribution < 1.29 is 19.7 Å². The molecule has 1 saturated heterocycles. The van der Waals surface area contributed by atoms with Crippen LogP contribution in [0.3, 0.4) is 0 Å². The molecule has 2 fully saturated rings. The Balaban J connectivity index is 2.15. The Bertz CT molecular complexity index is 304. The van der Waals surface area contributed by atoms with E-state index in [1.807, 2.05) is 7.05 Å². The fourth-order valence-electron chi connectivity index (χ4n) is 3.10. The van der Waals surface area contributed by atoms with Crippen LogP contribution < -0.4 is 0 Å². The molecule has 0 aromatic carbocycles. The number of carboxylic acids is 1. The molecule has 2 aliphatic rings. The van der Waals surface area contributed by atoms with Gasteiger partial charge in [0.15, 0.2) is 0 Å². The Morgan fingerprint density at radius 1 is 1.35 bits per heavy atom. The average Bonchev–Trinajstić information content (AvgIpc) is 2.21. The topological polar surface area (TPSA) is 70.0 Å². The Hall–Kier alpha value is -0.650. The molecule has 0 bridgehead atoms. The number of aliphatic hydroxyl groups is 1. The van der Waals surface area contributed by atoms with Gasteiger partial charge in [-0.25, -0.2) is 0 Å². The number of hydrogen-bond acceptors (Lipinski definition) is 4. The van der Waals surface area contributed by atoms with E-state index >= 15 is 0 Å². The van der Waals surface area contributed by atoms with Gasteiger partial charge in [-0.15, -0.1) is 0 Å². The van der Waals surface area contributed by atoms with Crippen molar-refractivity contribution in [2.24, 2.45) is 5.41 Å². The Morgan fingerprint density at radius 2 is 1.88 bits per heavy atom. The van der Waals surface area contributed by atoms with Crippen molar-refractivity contribution in [2.45, 2.75) is 37.4 Å². The summed E-state index contributed by atoms with van der Waals surface area (Å²) in [6.45, 7) is 1.51. The zero-order chi connectivity index (χ0) is 12.7. The molecular formula is C12H21NO4. The second-order valence-corrected chi connectivity index (χ2v) is 5.49. The molecule has 1 heterocycles. The minimum absolute atomic E-state index is 0.0187. The Kier molecular flexibility index (Phi) is 3.18. The van der Waals surface area contributed by atoms with E-state index in [1.54, 1.807) is 7.11 Å². The highest BCUT2D eigenvalue weighted by atomic mass is 16.5. The lowest BCUT2D eigenvalue weighted by molar-refractivity contribution is -0.215. The zero-order valence-electron chi connectivity index (χ0n) is 10.5. The van der Waals surface area contributed by atoms with Crippen LogP contribution in [-0.2, 0) is 9.53 Å². The molecule has 0 aromatic rings. The number of rotatable bonds is 3. The SMILES string of the molecule is COC1CC(C(=O)O)(C2(O)CCN(C)CC2)C1. The van der Waals surface area contributed by atoms with Gasteiger partial charge >= 0.3 is 5.97 Å². The van der Waals surface area contributed by atoms with Crippen LogP contribution in [0.4, 0.5) is 0 Å². The summed E-state index contributed by atoms with van der Waals surface area (Å²) < 4.78 is 5.16. The van der Waals surface area contributed by atoms with Crippen molar-refractivity contribution in [1.82, 2.24) is 4.90 Å². The summed E-state index contributed by atoms with van der Waals surface area (Å²) in [5.41, 5.74) is -2.06. The first kappa shape index (κ1) is 12.8. The summed E-state index contributed by atoms with van der Waals surface area (Å²) in [6.07, 6.45) is 1.91. The maximum absolute atomic E-state index is 11.5. The number of aliphatic carboxylic acids is 1. The fourth-order valence-corrected chi connectivity index (χ4v) is 3.10. The molecule has 1 aliphatic carbocycles. The standard InChI is InChI=1S/C12H21NO4/c1-13-5-3-12(16,4-6-13)11(10(14)15)7-9(8-11)17-2/h9,16H,3-8H2,1-2H3,(H,14,15). The van der Waals surface area contributed by atoms with E-state index in [1.165, 1.54) is 0 Å². The predicted octanol–water partition coefficient (Wildman–Crippen LogP) is 0.323. The third kappa shape index (κ3) is 1.86. The lowest BCUT2D eigenvalue weighted by atomic mass is 9.54. The van der Waals surface area contributed by atoms with Crippen molar-refractivity contribution >= 4 is 5.97 Å². The first-order valence-electron chi connectivity index (χ1n) is 6.11. The molecule has 5 heteroatoms. The van der Waals surface area contributed by atoms with Crippen molar-refractivity contribution in [3.63, 3.8) is 0 Å². The minimum atomic E-state index is -1.07. The van der Waals surface area contributed by atoms with E-state index in [0.29, 0.717) is 25.7 Å². The van der Waals surface area contributed by atoms with Crippen molar-refractivity contribution in [3.8, 4) is 0 Å². The fraction of sp³-hybridized carbons (Fsp3) is 0.917. The molecule has 0 radical (unpaired) electrons. The van der Waals surface area contributed by atoms with Gasteiger partial charge in [0.05, 0.1) is 11.7 Å². The van der Waals surface area contributed by atoms with Crippen LogP contribution in [0.1, 0.15) is 25.7 Å². The number of methoxy groups -OCH3 is 1. The highest BCUT2D eigenvalue weighted by molar-refractivity contribution is 5.78. The van der Waals surface area contributed by atoms with Gasteiger partial charge in [0.2, 0.25) is 0 Å². The molecule has 5 nitrogen and oxygen atoms in total. The summed E-state index contributed by atoms with van der Waals surface area (Å²) in [5.74, 6) is -0.877. The van der Waals surface area contributed by atoms with Crippen LogP contribution in [0.5, 0.6) is 0 Å². The Labute approximate surface area is 101 Å². The number of piperidine rings is 1. The van der Waals surface area contributed by atoms with Gasteiger partial charge in [-0.05, 0) is 32.7 Å². The maximum Gasteiger partial charge on any atom is 0.312 e. The average molecular weight is 243 g/mol. The quantitative estimate of drug-likeness (QED) is 0.747. The summed E-state index contributed by atoms with van der Waals surface area (Å²) in [6, 6.07) is 0. The van der Waals surface area contributed by atoms with Gasteiger partial charge < -0.3 is 19.8 Å². The van der Waals surface area contributed by atoms with E-state index < -0.39 is 17.0 Å². The zero-order valence-corrected chi connectivity index (χ0v) is 10.5. The van der Waals surface area contributed by atoms with E-state index in [4.69, 9.17) is 4.74 Å². The van der Waals surface area contributed by atoms with Crippen molar-refractivity contribution in [1.29, 1.82) is 0 Å². The molecular weight excluding hydrogens is 222 g/mol. The van der Waals surface area contributed by atoms with Crippen LogP contribution in [-0.4, -0.2) is 60.0 Å². The highest BCUT2D eigenvalue weighted by Crippen LogP contribution is 2.54. The van der Waals surface area contributed by atoms with Gasteiger partial charge in [0.1, 0.15) is 5.41 Å². The number of ether oxygens (including phenoxy) is 1. The van der Waals surface area contributed by atoms with Crippen LogP contribution in [0.2, 0.25) is 0 Å². The van der Waals surface area contributed by atoms with Gasteiger partial charge in [0.25, 0.3) is 0 Å². The number of likely N-dealkylation sites (tertiary alicyclic amines) is 1. The van der Waals surface area contributed by atoms with E-state index in [-0.39, 0.29) is 6.10 Å². The summed E-state index contributed by atoms with van der Waals surface area (Å²) in [4.78, 5) is 13.6. The first-order chi connectivity index (χ1) is 7.93.